The van der Waals surface area contributed by atoms with Crippen molar-refractivity contribution in [3.63, 3.8) is 0 Å². The highest BCUT2D eigenvalue weighted by molar-refractivity contribution is 5.30. The smallest absolute Gasteiger partial charge is 0.128 e. The summed E-state index contributed by atoms with van der Waals surface area (Å²) >= 11 is 0. The summed E-state index contributed by atoms with van der Waals surface area (Å²) in [7, 11) is 3.84. The van der Waals surface area contributed by atoms with E-state index < -0.39 is 17.2 Å². The van der Waals surface area contributed by atoms with E-state index in [0.29, 0.717) is 6.54 Å². The zero-order valence-corrected chi connectivity index (χ0v) is 11.9. The van der Waals surface area contributed by atoms with Gasteiger partial charge in [-0.3, -0.25) is 0 Å². The number of benzene rings is 1. The Hall–Kier alpha value is -1.04. The van der Waals surface area contributed by atoms with Gasteiger partial charge in [-0.25, -0.2) is 8.78 Å². The van der Waals surface area contributed by atoms with Gasteiger partial charge in [-0.15, -0.1) is 0 Å². The van der Waals surface area contributed by atoms with Crippen LogP contribution in [0.3, 0.4) is 0 Å². The summed E-state index contributed by atoms with van der Waals surface area (Å²) in [5.74, 6) is -0.974. The lowest BCUT2D eigenvalue weighted by atomic mass is 9.91. The van der Waals surface area contributed by atoms with Gasteiger partial charge in [-0.05, 0) is 45.6 Å². The Labute approximate surface area is 113 Å². The lowest BCUT2D eigenvalue weighted by molar-refractivity contribution is 0.168. The molecule has 0 heterocycles. The average Bonchev–Trinajstić information content (AvgIpc) is 2.33. The second-order valence-electron chi connectivity index (χ2n) is 5.30. The molecule has 5 heteroatoms. The number of halogens is 2. The summed E-state index contributed by atoms with van der Waals surface area (Å²) < 4.78 is 27.6. The molecule has 108 valence electrons. The van der Waals surface area contributed by atoms with Crippen LogP contribution in [0.1, 0.15) is 18.1 Å². The molecule has 0 aliphatic rings. The van der Waals surface area contributed by atoms with Crippen molar-refractivity contribution < 1.29 is 13.9 Å². The lowest BCUT2D eigenvalue weighted by Crippen LogP contribution is -2.46. The van der Waals surface area contributed by atoms with E-state index in [9.17, 15) is 13.9 Å². The number of aryl methyl sites for hydroxylation is 1. The molecular formula is C14H22F2N2O. The summed E-state index contributed by atoms with van der Waals surface area (Å²) in [4.78, 5) is 1.97. The van der Waals surface area contributed by atoms with Crippen molar-refractivity contribution in [2.24, 2.45) is 0 Å². The van der Waals surface area contributed by atoms with E-state index in [4.69, 9.17) is 0 Å². The van der Waals surface area contributed by atoms with Crippen LogP contribution in [0.4, 0.5) is 8.78 Å². The van der Waals surface area contributed by atoms with Crippen LogP contribution in [0, 0.1) is 18.6 Å². The van der Waals surface area contributed by atoms with E-state index in [-0.39, 0.29) is 17.7 Å². The average molecular weight is 272 g/mol. The maximum absolute atomic E-state index is 14.0. The zero-order valence-electron chi connectivity index (χ0n) is 11.9. The molecule has 0 fully saturated rings. The van der Waals surface area contributed by atoms with Crippen molar-refractivity contribution in [1.29, 1.82) is 0 Å². The third-order valence-electron chi connectivity index (χ3n) is 3.23. The third-order valence-corrected chi connectivity index (χ3v) is 3.23. The van der Waals surface area contributed by atoms with E-state index >= 15 is 0 Å². The number of aliphatic hydroxyl groups is 1. The summed E-state index contributed by atoms with van der Waals surface area (Å²) in [5.41, 5.74) is -0.582. The molecule has 0 aromatic heterocycles. The molecule has 19 heavy (non-hydrogen) atoms. The van der Waals surface area contributed by atoms with Gasteiger partial charge in [0.25, 0.3) is 0 Å². The van der Waals surface area contributed by atoms with Crippen molar-refractivity contribution in [2.75, 3.05) is 33.8 Å². The molecule has 0 saturated heterocycles. The van der Waals surface area contributed by atoms with Gasteiger partial charge in [0.2, 0.25) is 0 Å². The van der Waals surface area contributed by atoms with Crippen LogP contribution in [0.15, 0.2) is 12.1 Å². The van der Waals surface area contributed by atoms with Crippen molar-refractivity contribution >= 4 is 0 Å². The summed E-state index contributed by atoms with van der Waals surface area (Å²) in [6.07, 6.45) is 0. The molecule has 0 radical (unpaired) electrons. The Balaban J connectivity index is 2.97. The maximum Gasteiger partial charge on any atom is 0.128 e. The monoisotopic (exact) mass is 272 g/mol. The van der Waals surface area contributed by atoms with Gasteiger partial charge in [0.15, 0.2) is 0 Å². The first-order valence-corrected chi connectivity index (χ1v) is 6.27. The third kappa shape index (κ3) is 3.96. The molecular weight excluding hydrogens is 250 g/mol. The first-order valence-electron chi connectivity index (χ1n) is 6.27. The topological polar surface area (TPSA) is 35.5 Å². The minimum absolute atomic E-state index is 0.150. The molecule has 1 aromatic rings. The molecule has 3 nitrogen and oxygen atoms in total. The van der Waals surface area contributed by atoms with Crippen molar-refractivity contribution in [1.82, 2.24) is 10.2 Å². The zero-order chi connectivity index (χ0) is 14.6. The molecule has 2 N–H and O–H groups in total. The Kier molecular flexibility index (Phi) is 5.40. The van der Waals surface area contributed by atoms with Crippen LogP contribution in [0.2, 0.25) is 0 Å². The van der Waals surface area contributed by atoms with Crippen molar-refractivity contribution in [3.05, 3.63) is 34.9 Å². The predicted molar refractivity (Wildman–Crippen MR) is 72.1 cm³/mol. The van der Waals surface area contributed by atoms with Crippen LogP contribution in [0.5, 0.6) is 0 Å². The number of likely N-dealkylation sites (N-methyl/N-ethyl adjacent to an activating group) is 1. The van der Waals surface area contributed by atoms with Gasteiger partial charge < -0.3 is 15.3 Å². The number of hydrogen-bond acceptors (Lipinski definition) is 3. The Morgan fingerprint density at radius 1 is 1.26 bits per heavy atom. The van der Waals surface area contributed by atoms with Gasteiger partial charge in [0, 0.05) is 18.7 Å². The van der Waals surface area contributed by atoms with Crippen LogP contribution in [-0.4, -0.2) is 43.8 Å². The van der Waals surface area contributed by atoms with E-state index in [0.717, 1.165) is 18.7 Å². The minimum Gasteiger partial charge on any atom is -0.394 e. The van der Waals surface area contributed by atoms with E-state index in [1.165, 1.54) is 6.92 Å². The fourth-order valence-corrected chi connectivity index (χ4v) is 1.86. The molecule has 1 atom stereocenters. The lowest BCUT2D eigenvalue weighted by Gasteiger charge is -2.30. The van der Waals surface area contributed by atoms with Gasteiger partial charge in [-0.1, -0.05) is 0 Å². The maximum atomic E-state index is 14.0. The first kappa shape index (κ1) is 16.0. The second kappa shape index (κ2) is 6.41. The Morgan fingerprint density at radius 3 is 2.42 bits per heavy atom. The molecule has 1 unspecified atom stereocenters. The van der Waals surface area contributed by atoms with Gasteiger partial charge in [0.05, 0.1) is 12.1 Å². The fraction of sp³-hybridized carbons (Fsp3) is 0.571. The highest BCUT2D eigenvalue weighted by Crippen LogP contribution is 2.25. The van der Waals surface area contributed by atoms with Crippen LogP contribution < -0.4 is 5.32 Å². The summed E-state index contributed by atoms with van der Waals surface area (Å²) in [6, 6.07) is 2.32. The van der Waals surface area contributed by atoms with E-state index in [1.54, 1.807) is 6.92 Å². The van der Waals surface area contributed by atoms with E-state index in [1.807, 2.05) is 19.0 Å². The normalized spacial score (nSPS) is 14.7. The molecule has 1 aromatic carbocycles. The van der Waals surface area contributed by atoms with Gasteiger partial charge in [0.1, 0.15) is 11.6 Å². The second-order valence-corrected chi connectivity index (χ2v) is 5.30. The largest absolute Gasteiger partial charge is 0.394 e. The molecule has 0 spiro atoms. The van der Waals surface area contributed by atoms with Crippen LogP contribution in [0.25, 0.3) is 0 Å². The molecule has 0 amide bonds. The number of aliphatic hydroxyl groups excluding tert-OH is 1. The Morgan fingerprint density at radius 2 is 1.89 bits per heavy atom. The fourth-order valence-electron chi connectivity index (χ4n) is 1.86. The summed E-state index contributed by atoms with van der Waals surface area (Å²) in [6.45, 7) is 4.18. The molecule has 1 rings (SSSR count). The van der Waals surface area contributed by atoms with Crippen LogP contribution in [-0.2, 0) is 5.54 Å². The number of nitrogens with one attached hydrogen (secondary N) is 1. The molecule has 0 aliphatic carbocycles. The standard InChI is InChI=1S/C14H22F2N2O/c1-10-7-13(16)11(8-12(10)15)14(2,9-19)17-5-6-18(3)4/h7-8,17,19H,5-6,9H2,1-4H3. The SMILES string of the molecule is Cc1cc(F)c(C(C)(CO)NCCN(C)C)cc1F. The molecule has 0 aliphatic heterocycles. The van der Waals surface area contributed by atoms with Crippen LogP contribution >= 0.6 is 0 Å². The number of nitrogens with zero attached hydrogens (tertiary/aromatic N) is 1. The predicted octanol–water partition coefficient (Wildman–Crippen LogP) is 1.63. The van der Waals surface area contributed by atoms with Gasteiger partial charge >= 0.3 is 0 Å². The minimum atomic E-state index is -0.991. The van der Waals surface area contributed by atoms with Crippen molar-refractivity contribution in [2.45, 2.75) is 19.4 Å². The molecule has 0 saturated carbocycles. The van der Waals surface area contributed by atoms with Crippen molar-refractivity contribution in [3.8, 4) is 0 Å². The highest BCUT2D eigenvalue weighted by Gasteiger charge is 2.29. The highest BCUT2D eigenvalue weighted by atomic mass is 19.1. The quantitative estimate of drug-likeness (QED) is 0.826. The number of hydrogen-bond donors (Lipinski definition) is 2. The van der Waals surface area contributed by atoms with E-state index in [2.05, 4.69) is 5.32 Å². The number of rotatable bonds is 6. The summed E-state index contributed by atoms with van der Waals surface area (Å²) in [5, 5.41) is 12.6. The first-order chi connectivity index (χ1) is 8.80. The molecule has 0 bridgehead atoms. The van der Waals surface area contributed by atoms with Gasteiger partial charge in [-0.2, -0.15) is 0 Å². The Bertz CT molecular complexity index is 438.